The topological polar surface area (TPSA) is 47.9 Å². The summed E-state index contributed by atoms with van der Waals surface area (Å²) in [7, 11) is 0. The smallest absolute Gasteiger partial charge is 0.285 e. The Labute approximate surface area is 126 Å². The monoisotopic (exact) mass is 349 g/mol. The van der Waals surface area contributed by atoms with Crippen LogP contribution in [-0.2, 0) is 5.92 Å². The van der Waals surface area contributed by atoms with Crippen molar-refractivity contribution in [1.29, 1.82) is 5.26 Å². The summed E-state index contributed by atoms with van der Waals surface area (Å²) in [5, 5.41) is 20.2. The molecule has 1 N–H and O–H groups in total. The van der Waals surface area contributed by atoms with Crippen molar-refractivity contribution < 1.29 is 18.7 Å². The molecular formula is C15H8BrF2N2O+. The van der Waals surface area contributed by atoms with Gasteiger partial charge in [0.15, 0.2) is 0 Å². The molecule has 0 amide bonds. The zero-order valence-electron chi connectivity index (χ0n) is 10.5. The minimum absolute atomic E-state index is 0.281. The SMILES string of the molecule is N#CC(F)(F)c1cc2cc[n+](O)cc2c2cc(Br)ccc12. The fraction of sp³-hybridized carbons (Fsp3) is 0.0667. The van der Waals surface area contributed by atoms with Crippen molar-refractivity contribution in [2.24, 2.45) is 0 Å². The molecule has 1 heterocycles. The molecule has 6 heteroatoms. The van der Waals surface area contributed by atoms with E-state index in [9.17, 15) is 14.0 Å². The number of nitrogens with zero attached hydrogens (tertiary/aromatic N) is 2. The minimum Gasteiger partial charge on any atom is -0.285 e. The van der Waals surface area contributed by atoms with Crippen LogP contribution >= 0.6 is 15.9 Å². The molecule has 0 bridgehead atoms. The molecule has 0 saturated heterocycles. The van der Waals surface area contributed by atoms with Gasteiger partial charge in [0.1, 0.15) is 6.07 Å². The quantitative estimate of drug-likeness (QED) is 0.411. The Morgan fingerprint density at radius 2 is 1.90 bits per heavy atom. The van der Waals surface area contributed by atoms with Gasteiger partial charge in [0.2, 0.25) is 12.4 Å². The maximum absolute atomic E-state index is 13.9. The number of hydrogen-bond acceptors (Lipinski definition) is 2. The van der Waals surface area contributed by atoms with E-state index in [0.717, 1.165) is 15.3 Å². The van der Waals surface area contributed by atoms with Crippen LogP contribution in [0.15, 0.2) is 47.2 Å². The van der Waals surface area contributed by atoms with Gasteiger partial charge >= 0.3 is 5.92 Å². The molecule has 0 unspecified atom stereocenters. The van der Waals surface area contributed by atoms with Crippen molar-refractivity contribution in [3.05, 3.63) is 52.8 Å². The summed E-state index contributed by atoms with van der Waals surface area (Å²) in [6, 6.07) is 8.71. The second-order valence-electron chi connectivity index (χ2n) is 4.63. The molecule has 2 aromatic carbocycles. The van der Waals surface area contributed by atoms with Gasteiger partial charge in [-0.05, 0) is 34.4 Å². The van der Waals surface area contributed by atoms with Crippen molar-refractivity contribution in [2.45, 2.75) is 5.92 Å². The van der Waals surface area contributed by atoms with Gasteiger partial charge in [-0.2, -0.15) is 14.0 Å². The molecule has 3 nitrogen and oxygen atoms in total. The highest BCUT2D eigenvalue weighted by Crippen LogP contribution is 2.37. The number of halogens is 3. The van der Waals surface area contributed by atoms with E-state index in [0.29, 0.717) is 16.2 Å². The number of pyridine rings is 1. The maximum Gasteiger partial charge on any atom is 0.358 e. The van der Waals surface area contributed by atoms with Crippen molar-refractivity contribution in [3.8, 4) is 6.07 Å². The van der Waals surface area contributed by atoms with Crippen LogP contribution in [0.1, 0.15) is 5.56 Å². The van der Waals surface area contributed by atoms with E-state index in [4.69, 9.17) is 5.26 Å². The molecule has 0 fully saturated rings. The molecular weight excluding hydrogens is 342 g/mol. The van der Waals surface area contributed by atoms with Gasteiger partial charge in [0.25, 0.3) is 0 Å². The van der Waals surface area contributed by atoms with Crippen LogP contribution < -0.4 is 4.73 Å². The normalized spacial score (nSPS) is 11.7. The van der Waals surface area contributed by atoms with E-state index in [2.05, 4.69) is 15.9 Å². The predicted molar refractivity (Wildman–Crippen MR) is 76.0 cm³/mol. The van der Waals surface area contributed by atoms with Crippen molar-refractivity contribution >= 4 is 37.5 Å². The standard InChI is InChI=1S/C15H8BrF2N2O/c16-10-1-2-11-12(6-10)13-7-20(21)4-3-9(13)5-14(11)15(17,18)8-19/h1-7,21H/q+1. The lowest BCUT2D eigenvalue weighted by Crippen LogP contribution is -2.28. The van der Waals surface area contributed by atoms with Gasteiger partial charge in [-0.15, -0.1) is 0 Å². The third-order valence-corrected chi connectivity index (χ3v) is 3.81. The summed E-state index contributed by atoms with van der Waals surface area (Å²) in [5.74, 6) is -3.58. The molecule has 0 saturated carbocycles. The van der Waals surface area contributed by atoms with E-state index in [1.807, 2.05) is 0 Å². The number of rotatable bonds is 1. The van der Waals surface area contributed by atoms with Crippen LogP contribution in [0.4, 0.5) is 8.78 Å². The summed E-state index contributed by atoms with van der Waals surface area (Å²) in [4.78, 5) is 0. The molecule has 0 aliphatic heterocycles. The van der Waals surface area contributed by atoms with Crippen LogP contribution in [-0.4, -0.2) is 5.21 Å². The third kappa shape index (κ3) is 2.20. The minimum atomic E-state index is -3.58. The van der Waals surface area contributed by atoms with Gasteiger partial charge < -0.3 is 0 Å². The first-order valence-corrected chi connectivity index (χ1v) is 6.78. The van der Waals surface area contributed by atoms with Crippen LogP contribution in [0.3, 0.4) is 0 Å². The number of fused-ring (bicyclic) bond motifs is 3. The highest BCUT2D eigenvalue weighted by Gasteiger charge is 2.34. The summed E-state index contributed by atoms with van der Waals surface area (Å²) >= 11 is 3.31. The Bertz CT molecular complexity index is 919. The Kier molecular flexibility index (Phi) is 3.03. The molecule has 0 aliphatic carbocycles. The van der Waals surface area contributed by atoms with Crippen LogP contribution in [0, 0.1) is 11.3 Å². The average Bonchev–Trinajstić information content (AvgIpc) is 2.46. The lowest BCUT2D eigenvalue weighted by atomic mass is 9.95. The van der Waals surface area contributed by atoms with E-state index in [1.165, 1.54) is 30.6 Å². The van der Waals surface area contributed by atoms with E-state index in [1.54, 1.807) is 12.1 Å². The highest BCUT2D eigenvalue weighted by atomic mass is 79.9. The first-order chi connectivity index (χ1) is 9.92. The fourth-order valence-corrected chi connectivity index (χ4v) is 2.74. The summed E-state index contributed by atoms with van der Waals surface area (Å²) < 4.78 is 29.4. The second-order valence-corrected chi connectivity index (χ2v) is 5.54. The molecule has 104 valence electrons. The summed E-state index contributed by atoms with van der Waals surface area (Å²) in [6.45, 7) is 0. The molecule has 3 aromatic rings. The molecule has 0 radical (unpaired) electrons. The van der Waals surface area contributed by atoms with E-state index >= 15 is 0 Å². The lowest BCUT2D eigenvalue weighted by Gasteiger charge is -2.13. The van der Waals surface area contributed by atoms with Crippen molar-refractivity contribution in [2.75, 3.05) is 0 Å². The molecule has 0 atom stereocenters. The summed E-state index contributed by atoms with van der Waals surface area (Å²) in [6.07, 6.45) is 2.79. The van der Waals surface area contributed by atoms with Crippen molar-refractivity contribution in [1.82, 2.24) is 0 Å². The van der Waals surface area contributed by atoms with Gasteiger partial charge in [0.05, 0.1) is 5.39 Å². The van der Waals surface area contributed by atoms with Crippen molar-refractivity contribution in [3.63, 3.8) is 0 Å². The number of hydrogen-bond donors (Lipinski definition) is 1. The predicted octanol–water partition coefficient (Wildman–Crippen LogP) is 3.90. The van der Waals surface area contributed by atoms with E-state index in [-0.39, 0.29) is 10.9 Å². The Hall–Kier alpha value is -2.26. The van der Waals surface area contributed by atoms with Gasteiger partial charge in [0, 0.05) is 20.8 Å². The molecule has 3 rings (SSSR count). The molecule has 1 aromatic heterocycles. The largest absolute Gasteiger partial charge is 0.358 e. The summed E-state index contributed by atoms with van der Waals surface area (Å²) in [5.41, 5.74) is -0.337. The highest BCUT2D eigenvalue weighted by molar-refractivity contribution is 9.10. The fourth-order valence-electron chi connectivity index (χ4n) is 2.37. The van der Waals surface area contributed by atoms with Crippen LogP contribution in [0.5, 0.6) is 0 Å². The van der Waals surface area contributed by atoms with Gasteiger partial charge in [-0.25, -0.2) is 0 Å². The molecule has 21 heavy (non-hydrogen) atoms. The number of nitriles is 1. The Morgan fingerprint density at radius 1 is 1.14 bits per heavy atom. The van der Waals surface area contributed by atoms with Crippen LogP contribution in [0.25, 0.3) is 21.5 Å². The lowest BCUT2D eigenvalue weighted by molar-refractivity contribution is -0.903. The first kappa shape index (κ1) is 13.7. The molecule has 0 spiro atoms. The zero-order valence-corrected chi connectivity index (χ0v) is 12.1. The molecule has 0 aliphatic rings. The number of aromatic nitrogens is 1. The van der Waals surface area contributed by atoms with Gasteiger partial charge in [-0.1, -0.05) is 22.0 Å². The number of alkyl halides is 2. The zero-order chi connectivity index (χ0) is 15.2. The Morgan fingerprint density at radius 3 is 2.62 bits per heavy atom. The van der Waals surface area contributed by atoms with E-state index < -0.39 is 5.92 Å². The van der Waals surface area contributed by atoms with Crippen LogP contribution in [0.2, 0.25) is 0 Å². The maximum atomic E-state index is 13.9. The van der Waals surface area contributed by atoms with Gasteiger partial charge in [-0.3, -0.25) is 5.21 Å². The average molecular weight is 350 g/mol. The Balaban J connectivity index is 2.55. The third-order valence-electron chi connectivity index (χ3n) is 3.32. The number of benzene rings is 2. The second kappa shape index (κ2) is 4.64. The first-order valence-electron chi connectivity index (χ1n) is 5.98.